The van der Waals surface area contributed by atoms with E-state index in [9.17, 15) is 4.79 Å². The van der Waals surface area contributed by atoms with Crippen LogP contribution in [0.2, 0.25) is 0 Å². The van der Waals surface area contributed by atoms with E-state index in [0.29, 0.717) is 6.54 Å². The van der Waals surface area contributed by atoms with Gasteiger partial charge in [0.1, 0.15) is 0 Å². The average molecular weight is 410 g/mol. The maximum Gasteiger partial charge on any atom is 0.251 e. The van der Waals surface area contributed by atoms with Gasteiger partial charge in [0.15, 0.2) is 0 Å². The van der Waals surface area contributed by atoms with Crippen LogP contribution in [-0.2, 0) is 19.5 Å². The van der Waals surface area contributed by atoms with Gasteiger partial charge in [-0.25, -0.2) is 0 Å². The lowest BCUT2D eigenvalue weighted by Gasteiger charge is -2.20. The summed E-state index contributed by atoms with van der Waals surface area (Å²) in [6.45, 7) is 8.85. The topological polar surface area (TPSA) is 44.4 Å². The Morgan fingerprint density at radius 3 is 2.48 bits per heavy atom. The summed E-state index contributed by atoms with van der Waals surface area (Å²) in [5.74, 6) is -0.00709. The molecule has 27 heavy (non-hydrogen) atoms. The SMILES string of the molecule is CCN(CC)Cc1ccccc1CNC(=O)c1ccc2c(c1)CCN2.Cl.Cl. The van der Waals surface area contributed by atoms with E-state index in [1.165, 1.54) is 16.7 Å². The first-order chi connectivity index (χ1) is 12.2. The molecule has 0 radical (unpaired) electrons. The molecule has 0 saturated carbocycles. The lowest BCUT2D eigenvalue weighted by atomic mass is 10.1. The summed E-state index contributed by atoms with van der Waals surface area (Å²) in [6, 6.07) is 14.3. The molecular formula is C21H29Cl2N3O. The van der Waals surface area contributed by atoms with Crippen molar-refractivity contribution < 1.29 is 4.79 Å². The van der Waals surface area contributed by atoms with Crippen LogP contribution in [0.3, 0.4) is 0 Å². The molecule has 0 unspecified atom stereocenters. The number of benzene rings is 2. The third kappa shape index (κ3) is 5.86. The van der Waals surface area contributed by atoms with E-state index >= 15 is 0 Å². The number of anilines is 1. The number of fused-ring (bicyclic) bond motifs is 1. The molecule has 148 valence electrons. The molecule has 0 aliphatic carbocycles. The lowest BCUT2D eigenvalue weighted by Crippen LogP contribution is -2.26. The second-order valence-corrected chi connectivity index (χ2v) is 6.46. The van der Waals surface area contributed by atoms with Gasteiger partial charge in [-0.1, -0.05) is 38.1 Å². The second kappa shape index (κ2) is 11.2. The number of nitrogens with zero attached hydrogens (tertiary/aromatic N) is 1. The van der Waals surface area contributed by atoms with E-state index in [-0.39, 0.29) is 30.7 Å². The van der Waals surface area contributed by atoms with Crippen molar-refractivity contribution in [3.8, 4) is 0 Å². The number of nitrogens with one attached hydrogen (secondary N) is 2. The molecule has 0 saturated heterocycles. The number of carbonyl (C=O) groups is 1. The molecule has 2 aromatic rings. The van der Waals surface area contributed by atoms with E-state index in [1.807, 2.05) is 24.3 Å². The highest BCUT2D eigenvalue weighted by Gasteiger charge is 2.14. The number of hydrogen-bond acceptors (Lipinski definition) is 3. The number of carbonyl (C=O) groups excluding carboxylic acids is 1. The first-order valence-corrected chi connectivity index (χ1v) is 9.15. The maximum atomic E-state index is 12.5. The van der Waals surface area contributed by atoms with Crippen molar-refractivity contribution in [3.63, 3.8) is 0 Å². The largest absolute Gasteiger partial charge is 0.384 e. The second-order valence-electron chi connectivity index (χ2n) is 6.46. The van der Waals surface area contributed by atoms with E-state index in [1.54, 1.807) is 0 Å². The third-order valence-corrected chi connectivity index (χ3v) is 4.92. The van der Waals surface area contributed by atoms with Gasteiger partial charge in [-0.2, -0.15) is 0 Å². The average Bonchev–Trinajstić information content (AvgIpc) is 3.12. The van der Waals surface area contributed by atoms with Gasteiger partial charge in [0.05, 0.1) is 0 Å². The first kappa shape index (κ1) is 23.3. The van der Waals surface area contributed by atoms with Crippen LogP contribution < -0.4 is 10.6 Å². The Morgan fingerprint density at radius 2 is 1.78 bits per heavy atom. The summed E-state index contributed by atoms with van der Waals surface area (Å²) in [5.41, 5.74) is 5.59. The number of halogens is 2. The molecule has 6 heteroatoms. The molecule has 0 fully saturated rings. The summed E-state index contributed by atoms with van der Waals surface area (Å²) in [7, 11) is 0. The highest BCUT2D eigenvalue weighted by Crippen LogP contribution is 2.23. The van der Waals surface area contributed by atoms with Crippen molar-refractivity contribution in [2.45, 2.75) is 33.4 Å². The zero-order valence-electron chi connectivity index (χ0n) is 16.0. The van der Waals surface area contributed by atoms with Crippen LogP contribution >= 0.6 is 24.8 Å². The lowest BCUT2D eigenvalue weighted by molar-refractivity contribution is 0.0950. The summed E-state index contributed by atoms with van der Waals surface area (Å²) in [4.78, 5) is 14.9. The van der Waals surface area contributed by atoms with Gasteiger partial charge in [0, 0.05) is 30.9 Å². The van der Waals surface area contributed by atoms with Crippen molar-refractivity contribution in [3.05, 3.63) is 64.7 Å². The Kier molecular flexibility index (Phi) is 9.64. The van der Waals surface area contributed by atoms with Gasteiger partial charge in [-0.15, -0.1) is 24.8 Å². The molecule has 2 N–H and O–H groups in total. The van der Waals surface area contributed by atoms with Crippen molar-refractivity contribution in [2.75, 3.05) is 25.0 Å². The van der Waals surface area contributed by atoms with E-state index < -0.39 is 0 Å². The zero-order valence-corrected chi connectivity index (χ0v) is 17.6. The van der Waals surface area contributed by atoms with Gasteiger partial charge in [-0.3, -0.25) is 9.69 Å². The predicted octanol–water partition coefficient (Wildman–Crippen LogP) is 4.27. The Hall–Kier alpha value is -1.75. The molecule has 1 aliphatic rings. The molecule has 0 atom stereocenters. The standard InChI is InChI=1S/C21H27N3O.2ClH/c1-3-24(4-2)15-19-8-6-5-7-18(19)14-23-21(25)17-9-10-20-16(13-17)11-12-22-20;;/h5-10,13,22H,3-4,11-12,14-15H2,1-2H3,(H,23,25);2*1H. The fraction of sp³-hybridized carbons (Fsp3) is 0.381. The fourth-order valence-electron chi connectivity index (χ4n) is 3.30. The molecule has 0 aromatic heterocycles. The highest BCUT2D eigenvalue weighted by molar-refractivity contribution is 5.95. The van der Waals surface area contributed by atoms with Crippen molar-refractivity contribution in [1.82, 2.24) is 10.2 Å². The Morgan fingerprint density at radius 1 is 1.07 bits per heavy atom. The summed E-state index contributed by atoms with van der Waals surface area (Å²) >= 11 is 0. The minimum absolute atomic E-state index is 0. The quantitative estimate of drug-likeness (QED) is 0.717. The smallest absolute Gasteiger partial charge is 0.251 e. The van der Waals surface area contributed by atoms with Gasteiger partial charge >= 0.3 is 0 Å². The number of amides is 1. The van der Waals surface area contributed by atoms with Crippen molar-refractivity contribution in [1.29, 1.82) is 0 Å². The predicted molar refractivity (Wildman–Crippen MR) is 117 cm³/mol. The maximum absolute atomic E-state index is 12.5. The minimum atomic E-state index is -0.00709. The van der Waals surface area contributed by atoms with Crippen LogP contribution in [0.25, 0.3) is 0 Å². The molecule has 0 bridgehead atoms. The molecule has 1 amide bonds. The van der Waals surface area contributed by atoms with Crippen LogP contribution in [0, 0.1) is 0 Å². The Bertz CT molecular complexity index is 748. The van der Waals surface area contributed by atoms with Gasteiger partial charge in [0.25, 0.3) is 5.91 Å². The van der Waals surface area contributed by atoms with Crippen LogP contribution in [0.4, 0.5) is 5.69 Å². The van der Waals surface area contributed by atoms with Crippen LogP contribution in [0.15, 0.2) is 42.5 Å². The first-order valence-electron chi connectivity index (χ1n) is 9.15. The molecule has 1 heterocycles. The summed E-state index contributed by atoms with van der Waals surface area (Å²) < 4.78 is 0. The highest BCUT2D eigenvalue weighted by atomic mass is 35.5. The molecule has 3 rings (SSSR count). The van der Waals surface area contributed by atoms with Crippen LogP contribution in [0.5, 0.6) is 0 Å². The van der Waals surface area contributed by atoms with Gasteiger partial charge in [-0.05, 0) is 54.4 Å². The van der Waals surface area contributed by atoms with Crippen molar-refractivity contribution >= 4 is 36.4 Å². The third-order valence-electron chi connectivity index (χ3n) is 4.92. The normalized spacial score (nSPS) is 11.8. The number of rotatable bonds is 7. The van der Waals surface area contributed by atoms with E-state index in [0.717, 1.165) is 43.9 Å². The van der Waals surface area contributed by atoms with Gasteiger partial charge in [0.2, 0.25) is 0 Å². The summed E-state index contributed by atoms with van der Waals surface area (Å²) in [6.07, 6.45) is 0.989. The molecule has 4 nitrogen and oxygen atoms in total. The fourth-order valence-corrected chi connectivity index (χ4v) is 3.30. The molecule has 2 aromatic carbocycles. The van der Waals surface area contributed by atoms with Crippen molar-refractivity contribution in [2.24, 2.45) is 0 Å². The molecule has 0 spiro atoms. The Labute approximate surface area is 174 Å². The number of hydrogen-bond donors (Lipinski definition) is 2. The Balaban J connectivity index is 0.00000182. The van der Waals surface area contributed by atoms with E-state index in [2.05, 4.69) is 47.6 Å². The van der Waals surface area contributed by atoms with Gasteiger partial charge < -0.3 is 10.6 Å². The van der Waals surface area contributed by atoms with E-state index in [4.69, 9.17) is 0 Å². The monoisotopic (exact) mass is 409 g/mol. The molecule has 1 aliphatic heterocycles. The minimum Gasteiger partial charge on any atom is -0.384 e. The zero-order chi connectivity index (χ0) is 17.6. The molecular weight excluding hydrogens is 381 g/mol. The van der Waals surface area contributed by atoms with Crippen LogP contribution in [0.1, 0.15) is 40.9 Å². The van der Waals surface area contributed by atoms with Crippen LogP contribution in [-0.4, -0.2) is 30.4 Å². The summed E-state index contributed by atoms with van der Waals surface area (Å²) in [5, 5.41) is 6.40.